The number of primary amides is 1. The zero-order valence-electron chi connectivity index (χ0n) is 22.1. The number of likely N-dealkylation sites (tertiary alicyclic amines) is 1. The Labute approximate surface area is 226 Å². The number of morpholine rings is 1. The van der Waals surface area contributed by atoms with Gasteiger partial charge in [0.1, 0.15) is 17.8 Å². The average molecular weight is 514 g/mol. The summed E-state index contributed by atoms with van der Waals surface area (Å²) in [5.41, 5.74) is 8.66. The first-order valence-corrected chi connectivity index (χ1v) is 13.8. The monoisotopic (exact) mass is 513 g/mol. The van der Waals surface area contributed by atoms with Gasteiger partial charge in [0, 0.05) is 32.7 Å². The van der Waals surface area contributed by atoms with Crippen molar-refractivity contribution in [3.05, 3.63) is 102 Å². The lowest BCUT2D eigenvalue weighted by atomic mass is 9.64. The fourth-order valence-corrected chi connectivity index (χ4v) is 6.07. The lowest BCUT2D eigenvalue weighted by Crippen LogP contribution is -2.49. The van der Waals surface area contributed by atoms with Gasteiger partial charge in [0.2, 0.25) is 5.91 Å². The standard InChI is InChI=1S/C32H39N3O3/c33-31(36)32(27-7-3-1-4-8-27,28-9-5-2-6-10-28)29-16-18-35(25-29)17-15-26-11-13-30(14-12-26)38-24-21-34-19-22-37-23-20-34/h1-14,29H,15-25H2,(H2,33,36). The predicted octanol–water partition coefficient (Wildman–Crippen LogP) is 3.73. The van der Waals surface area contributed by atoms with E-state index in [0.717, 1.165) is 82.2 Å². The fraction of sp³-hybridized carbons (Fsp3) is 0.406. The number of carbonyl (C=O) groups excluding carboxylic acids is 1. The van der Waals surface area contributed by atoms with Gasteiger partial charge in [0.25, 0.3) is 0 Å². The Morgan fingerprint density at radius 1 is 0.842 bits per heavy atom. The van der Waals surface area contributed by atoms with E-state index in [1.807, 2.05) is 60.7 Å². The van der Waals surface area contributed by atoms with Gasteiger partial charge in [-0.1, -0.05) is 72.8 Å². The second-order valence-corrected chi connectivity index (χ2v) is 10.4. The van der Waals surface area contributed by atoms with Gasteiger partial charge in [0.05, 0.1) is 13.2 Å². The Balaban J connectivity index is 1.19. The van der Waals surface area contributed by atoms with E-state index in [1.54, 1.807) is 0 Å². The summed E-state index contributed by atoms with van der Waals surface area (Å²) in [5.74, 6) is 0.762. The normalized spacial score (nSPS) is 18.9. The Bertz CT molecular complexity index is 1110. The van der Waals surface area contributed by atoms with E-state index in [9.17, 15) is 4.79 Å². The lowest BCUT2D eigenvalue weighted by Gasteiger charge is -2.37. The van der Waals surface area contributed by atoms with Crippen molar-refractivity contribution >= 4 is 5.91 Å². The quantitative estimate of drug-likeness (QED) is 0.423. The Hall–Kier alpha value is -3.19. The molecular weight excluding hydrogens is 474 g/mol. The fourth-order valence-electron chi connectivity index (χ4n) is 6.07. The van der Waals surface area contributed by atoms with Crippen molar-refractivity contribution in [2.24, 2.45) is 11.7 Å². The van der Waals surface area contributed by atoms with Crippen LogP contribution in [-0.2, 0) is 21.4 Å². The molecule has 0 aliphatic carbocycles. The molecule has 0 radical (unpaired) electrons. The van der Waals surface area contributed by atoms with Crippen LogP contribution in [0.15, 0.2) is 84.9 Å². The van der Waals surface area contributed by atoms with E-state index in [2.05, 4.69) is 34.1 Å². The number of nitrogens with two attached hydrogens (primary N) is 1. The van der Waals surface area contributed by atoms with Crippen LogP contribution in [0.25, 0.3) is 0 Å². The maximum atomic E-state index is 13.3. The van der Waals surface area contributed by atoms with Crippen LogP contribution >= 0.6 is 0 Å². The molecule has 0 spiro atoms. The Morgan fingerprint density at radius 3 is 2.08 bits per heavy atom. The number of hydrogen-bond acceptors (Lipinski definition) is 5. The summed E-state index contributed by atoms with van der Waals surface area (Å²) in [5, 5.41) is 0. The third-order valence-corrected chi connectivity index (χ3v) is 8.15. The maximum absolute atomic E-state index is 13.3. The van der Waals surface area contributed by atoms with E-state index in [4.69, 9.17) is 15.2 Å². The van der Waals surface area contributed by atoms with Crippen LogP contribution in [0.5, 0.6) is 5.75 Å². The van der Waals surface area contributed by atoms with Crippen LogP contribution in [0.3, 0.4) is 0 Å². The smallest absolute Gasteiger partial charge is 0.232 e. The topological polar surface area (TPSA) is 68.0 Å². The summed E-state index contributed by atoms with van der Waals surface area (Å²) in [6.45, 7) is 7.97. The van der Waals surface area contributed by atoms with Crippen LogP contribution in [0, 0.1) is 5.92 Å². The first-order chi connectivity index (χ1) is 18.7. The van der Waals surface area contributed by atoms with E-state index in [1.165, 1.54) is 5.56 Å². The van der Waals surface area contributed by atoms with Crippen molar-refractivity contribution < 1.29 is 14.3 Å². The van der Waals surface area contributed by atoms with E-state index in [0.29, 0.717) is 6.61 Å². The molecule has 2 fully saturated rings. The molecule has 2 saturated heterocycles. The van der Waals surface area contributed by atoms with Crippen molar-refractivity contribution in [2.45, 2.75) is 18.3 Å². The summed E-state index contributed by atoms with van der Waals surface area (Å²) in [7, 11) is 0. The van der Waals surface area contributed by atoms with Gasteiger partial charge in [-0.25, -0.2) is 0 Å². The molecule has 2 aliphatic heterocycles. The molecule has 5 rings (SSSR count). The van der Waals surface area contributed by atoms with Gasteiger partial charge in [-0.15, -0.1) is 0 Å². The number of ether oxygens (including phenoxy) is 2. The highest BCUT2D eigenvalue weighted by Gasteiger charge is 2.49. The summed E-state index contributed by atoms with van der Waals surface area (Å²) < 4.78 is 11.4. The molecule has 2 N–H and O–H groups in total. The van der Waals surface area contributed by atoms with Crippen molar-refractivity contribution in [2.75, 3.05) is 59.1 Å². The Kier molecular flexibility index (Phi) is 8.74. The van der Waals surface area contributed by atoms with Gasteiger partial charge in [-0.05, 0) is 54.1 Å². The van der Waals surface area contributed by atoms with Crippen molar-refractivity contribution in [3.63, 3.8) is 0 Å². The molecule has 1 unspecified atom stereocenters. The molecule has 0 saturated carbocycles. The molecule has 6 heteroatoms. The SMILES string of the molecule is NC(=O)C(c1ccccc1)(c1ccccc1)C1CCN(CCc2ccc(OCCN3CCOCC3)cc2)C1. The second-order valence-electron chi connectivity index (χ2n) is 10.4. The first-order valence-electron chi connectivity index (χ1n) is 13.8. The number of amides is 1. The van der Waals surface area contributed by atoms with Crippen molar-refractivity contribution in [1.29, 1.82) is 0 Å². The average Bonchev–Trinajstić information content (AvgIpc) is 3.44. The minimum atomic E-state index is -0.836. The highest BCUT2D eigenvalue weighted by Crippen LogP contribution is 2.43. The molecule has 200 valence electrons. The number of hydrogen-bond donors (Lipinski definition) is 1. The van der Waals surface area contributed by atoms with Crippen LogP contribution < -0.4 is 10.5 Å². The molecule has 2 heterocycles. The van der Waals surface area contributed by atoms with Gasteiger partial charge < -0.3 is 20.1 Å². The zero-order chi connectivity index (χ0) is 26.2. The first kappa shape index (κ1) is 26.4. The van der Waals surface area contributed by atoms with Gasteiger partial charge in [-0.3, -0.25) is 9.69 Å². The Morgan fingerprint density at radius 2 is 1.47 bits per heavy atom. The van der Waals surface area contributed by atoms with Crippen LogP contribution in [-0.4, -0.2) is 74.8 Å². The summed E-state index contributed by atoms with van der Waals surface area (Å²) in [6, 6.07) is 28.6. The zero-order valence-corrected chi connectivity index (χ0v) is 22.1. The number of carbonyl (C=O) groups is 1. The molecular formula is C32H39N3O3. The van der Waals surface area contributed by atoms with Gasteiger partial charge in [0.15, 0.2) is 0 Å². The van der Waals surface area contributed by atoms with Gasteiger partial charge in [-0.2, -0.15) is 0 Å². The van der Waals surface area contributed by atoms with E-state index >= 15 is 0 Å². The van der Waals surface area contributed by atoms with Crippen molar-refractivity contribution in [1.82, 2.24) is 9.80 Å². The third-order valence-electron chi connectivity index (χ3n) is 8.15. The predicted molar refractivity (Wildman–Crippen MR) is 150 cm³/mol. The van der Waals surface area contributed by atoms with Crippen molar-refractivity contribution in [3.8, 4) is 5.75 Å². The van der Waals surface area contributed by atoms with E-state index < -0.39 is 5.41 Å². The van der Waals surface area contributed by atoms with Gasteiger partial charge >= 0.3 is 0 Å². The van der Waals surface area contributed by atoms with E-state index in [-0.39, 0.29) is 11.8 Å². The van der Waals surface area contributed by atoms with Crippen LogP contribution in [0.4, 0.5) is 0 Å². The molecule has 1 amide bonds. The molecule has 3 aromatic carbocycles. The number of nitrogens with zero attached hydrogens (tertiary/aromatic N) is 2. The molecule has 38 heavy (non-hydrogen) atoms. The minimum Gasteiger partial charge on any atom is -0.492 e. The minimum absolute atomic E-state index is 0.118. The summed E-state index contributed by atoms with van der Waals surface area (Å²) in [4.78, 5) is 18.1. The highest BCUT2D eigenvalue weighted by atomic mass is 16.5. The lowest BCUT2D eigenvalue weighted by molar-refractivity contribution is -0.123. The molecule has 1 atom stereocenters. The second kappa shape index (κ2) is 12.6. The molecule has 0 aromatic heterocycles. The summed E-state index contributed by atoms with van der Waals surface area (Å²) in [6.07, 6.45) is 1.89. The van der Waals surface area contributed by atoms with Crippen LogP contribution in [0.2, 0.25) is 0 Å². The molecule has 2 aliphatic rings. The number of rotatable bonds is 11. The molecule has 3 aromatic rings. The summed E-state index contributed by atoms with van der Waals surface area (Å²) >= 11 is 0. The van der Waals surface area contributed by atoms with Crippen LogP contribution in [0.1, 0.15) is 23.1 Å². The highest BCUT2D eigenvalue weighted by molar-refractivity contribution is 5.91. The third kappa shape index (κ3) is 5.93. The molecule has 0 bridgehead atoms. The molecule has 6 nitrogen and oxygen atoms in total. The largest absolute Gasteiger partial charge is 0.492 e. The number of benzene rings is 3. The maximum Gasteiger partial charge on any atom is 0.232 e.